The van der Waals surface area contributed by atoms with E-state index in [1.54, 1.807) is 0 Å². The van der Waals surface area contributed by atoms with Crippen LogP contribution in [0.15, 0.2) is 24.3 Å². The Morgan fingerprint density at radius 1 is 1.20 bits per heavy atom. The molecule has 0 heterocycles. The summed E-state index contributed by atoms with van der Waals surface area (Å²) in [5.74, 6) is -2.95. The first-order valence-corrected chi connectivity index (χ1v) is 5.03. The molecule has 0 saturated heterocycles. The van der Waals surface area contributed by atoms with Crippen LogP contribution in [0.3, 0.4) is 0 Å². The molecule has 0 spiro atoms. The van der Waals surface area contributed by atoms with Gasteiger partial charge in [0.15, 0.2) is 0 Å². The van der Waals surface area contributed by atoms with Gasteiger partial charge in [-0.15, -0.1) is 0 Å². The zero-order valence-electron chi connectivity index (χ0n) is 8.73. The Bertz CT molecular complexity index is 333. The van der Waals surface area contributed by atoms with Crippen molar-refractivity contribution in [2.75, 3.05) is 6.54 Å². The van der Waals surface area contributed by atoms with Gasteiger partial charge in [-0.1, -0.05) is 37.6 Å². The lowest BCUT2D eigenvalue weighted by molar-refractivity contribution is -0.108. The molecule has 0 aliphatic carbocycles. The van der Waals surface area contributed by atoms with E-state index in [0.29, 0.717) is 5.02 Å². The Kier molecular flexibility index (Phi) is 3.36. The molecule has 0 unspecified atom stereocenters. The van der Waals surface area contributed by atoms with Gasteiger partial charge >= 0.3 is 0 Å². The lowest BCUT2D eigenvalue weighted by Gasteiger charge is -2.33. The van der Waals surface area contributed by atoms with E-state index in [4.69, 9.17) is 17.3 Å². The molecule has 0 bridgehead atoms. The van der Waals surface area contributed by atoms with Crippen molar-refractivity contribution >= 4 is 11.6 Å². The Hall–Kier alpha value is -0.670. The molecule has 84 valence electrons. The van der Waals surface area contributed by atoms with E-state index in [-0.39, 0.29) is 12.1 Å². The molecule has 1 nitrogen and oxygen atoms in total. The van der Waals surface area contributed by atoms with Crippen LogP contribution in [-0.2, 0) is 5.92 Å². The van der Waals surface area contributed by atoms with Gasteiger partial charge in [0.2, 0.25) is 0 Å². The van der Waals surface area contributed by atoms with E-state index in [2.05, 4.69) is 0 Å². The van der Waals surface area contributed by atoms with Crippen molar-refractivity contribution in [1.82, 2.24) is 0 Å². The smallest absolute Gasteiger partial charge is 0.279 e. The first-order valence-electron chi connectivity index (χ1n) is 4.65. The third-order valence-electron chi connectivity index (χ3n) is 2.57. The number of nitrogens with two attached hydrogens (primary N) is 1. The zero-order chi connectivity index (χ0) is 11.7. The minimum atomic E-state index is -2.95. The predicted molar refractivity (Wildman–Crippen MR) is 58.2 cm³/mol. The van der Waals surface area contributed by atoms with Crippen LogP contribution in [0.1, 0.15) is 19.4 Å². The standard InChI is InChI=1S/C11H14ClF2N/c1-10(2,7-15)11(13,14)8-3-5-9(12)6-4-8/h3-6H,7,15H2,1-2H3. The zero-order valence-corrected chi connectivity index (χ0v) is 9.48. The largest absolute Gasteiger partial charge is 0.330 e. The molecule has 2 N–H and O–H groups in total. The van der Waals surface area contributed by atoms with Crippen LogP contribution >= 0.6 is 11.6 Å². The van der Waals surface area contributed by atoms with Crippen molar-refractivity contribution in [2.24, 2.45) is 11.1 Å². The molecule has 0 aliphatic rings. The predicted octanol–water partition coefficient (Wildman–Crippen LogP) is 3.42. The van der Waals surface area contributed by atoms with Gasteiger partial charge in [-0.3, -0.25) is 0 Å². The molecule has 0 atom stereocenters. The SMILES string of the molecule is CC(C)(CN)C(F)(F)c1ccc(Cl)cc1. The Balaban J connectivity index is 3.10. The normalized spacial score (nSPS) is 12.9. The van der Waals surface area contributed by atoms with Crippen molar-refractivity contribution in [1.29, 1.82) is 0 Å². The van der Waals surface area contributed by atoms with Gasteiger partial charge in [-0.25, -0.2) is 8.78 Å². The topological polar surface area (TPSA) is 26.0 Å². The summed E-state index contributed by atoms with van der Waals surface area (Å²) in [6, 6.07) is 5.58. The molecule has 1 aromatic carbocycles. The van der Waals surface area contributed by atoms with Gasteiger partial charge < -0.3 is 5.73 Å². The van der Waals surface area contributed by atoms with Gasteiger partial charge in [0.05, 0.1) is 0 Å². The maximum atomic E-state index is 13.9. The van der Waals surface area contributed by atoms with Crippen LogP contribution in [0.25, 0.3) is 0 Å². The van der Waals surface area contributed by atoms with Gasteiger partial charge in [-0.05, 0) is 12.1 Å². The molecule has 1 rings (SSSR count). The lowest BCUT2D eigenvalue weighted by atomic mass is 9.82. The number of hydrogen-bond donors (Lipinski definition) is 1. The van der Waals surface area contributed by atoms with E-state index >= 15 is 0 Å². The summed E-state index contributed by atoms with van der Waals surface area (Å²) in [5, 5.41) is 0.445. The summed E-state index contributed by atoms with van der Waals surface area (Å²) in [4.78, 5) is 0. The number of rotatable bonds is 3. The Labute approximate surface area is 93.2 Å². The Morgan fingerprint density at radius 3 is 2.07 bits per heavy atom. The fraction of sp³-hybridized carbons (Fsp3) is 0.455. The highest BCUT2D eigenvalue weighted by atomic mass is 35.5. The molecular weight excluding hydrogens is 220 g/mol. The molecule has 0 fully saturated rings. The van der Waals surface area contributed by atoms with Crippen molar-refractivity contribution in [3.8, 4) is 0 Å². The molecule has 0 aliphatic heterocycles. The van der Waals surface area contributed by atoms with Crippen LogP contribution in [-0.4, -0.2) is 6.54 Å². The van der Waals surface area contributed by atoms with Crippen molar-refractivity contribution in [2.45, 2.75) is 19.8 Å². The molecular formula is C11H14ClF2N. The highest BCUT2D eigenvalue weighted by Crippen LogP contribution is 2.44. The van der Waals surface area contributed by atoms with Gasteiger partial charge in [0, 0.05) is 22.5 Å². The van der Waals surface area contributed by atoms with Gasteiger partial charge in [0.25, 0.3) is 5.92 Å². The van der Waals surface area contributed by atoms with E-state index in [9.17, 15) is 8.78 Å². The second-order valence-corrected chi connectivity index (χ2v) is 4.61. The number of halogens is 3. The molecule has 0 saturated carbocycles. The van der Waals surface area contributed by atoms with Crippen LogP contribution in [0.5, 0.6) is 0 Å². The molecule has 0 radical (unpaired) electrons. The maximum absolute atomic E-state index is 13.9. The molecule has 15 heavy (non-hydrogen) atoms. The van der Waals surface area contributed by atoms with Crippen LogP contribution in [0, 0.1) is 5.41 Å². The average molecular weight is 234 g/mol. The minimum Gasteiger partial charge on any atom is -0.330 e. The second kappa shape index (κ2) is 4.06. The molecule has 4 heteroatoms. The first kappa shape index (κ1) is 12.4. The summed E-state index contributed by atoms with van der Waals surface area (Å²) < 4.78 is 27.9. The monoisotopic (exact) mass is 233 g/mol. The van der Waals surface area contributed by atoms with Crippen LogP contribution in [0.4, 0.5) is 8.78 Å². The summed E-state index contributed by atoms with van der Waals surface area (Å²) in [5.41, 5.74) is 4.04. The summed E-state index contributed by atoms with van der Waals surface area (Å²) in [7, 11) is 0. The lowest BCUT2D eigenvalue weighted by Crippen LogP contribution is -2.40. The van der Waals surface area contributed by atoms with E-state index in [1.807, 2.05) is 0 Å². The third kappa shape index (κ3) is 2.29. The molecule has 0 aromatic heterocycles. The highest BCUT2D eigenvalue weighted by Gasteiger charge is 2.46. The van der Waals surface area contributed by atoms with Crippen LogP contribution < -0.4 is 5.73 Å². The van der Waals surface area contributed by atoms with E-state index in [0.717, 1.165) is 0 Å². The fourth-order valence-electron chi connectivity index (χ4n) is 1.18. The van der Waals surface area contributed by atoms with E-state index < -0.39 is 11.3 Å². The summed E-state index contributed by atoms with van der Waals surface area (Å²) >= 11 is 5.64. The van der Waals surface area contributed by atoms with Crippen LogP contribution in [0.2, 0.25) is 5.02 Å². The van der Waals surface area contributed by atoms with Crippen molar-refractivity contribution < 1.29 is 8.78 Å². The quantitative estimate of drug-likeness (QED) is 0.851. The number of hydrogen-bond acceptors (Lipinski definition) is 1. The van der Waals surface area contributed by atoms with E-state index in [1.165, 1.54) is 38.1 Å². The number of benzene rings is 1. The molecule has 1 aromatic rings. The van der Waals surface area contributed by atoms with Crippen molar-refractivity contribution in [3.63, 3.8) is 0 Å². The second-order valence-electron chi connectivity index (χ2n) is 4.17. The third-order valence-corrected chi connectivity index (χ3v) is 2.82. The molecule has 0 amide bonds. The highest BCUT2D eigenvalue weighted by molar-refractivity contribution is 6.30. The van der Waals surface area contributed by atoms with Gasteiger partial charge in [-0.2, -0.15) is 0 Å². The Morgan fingerprint density at radius 2 is 1.67 bits per heavy atom. The average Bonchev–Trinajstić information content (AvgIpc) is 2.18. The maximum Gasteiger partial charge on any atom is 0.279 e. The summed E-state index contributed by atoms with van der Waals surface area (Å²) in [6.45, 7) is 2.81. The van der Waals surface area contributed by atoms with Gasteiger partial charge in [0.1, 0.15) is 0 Å². The minimum absolute atomic E-state index is 0.0534. The summed E-state index contributed by atoms with van der Waals surface area (Å²) in [6.07, 6.45) is 0. The fourth-order valence-corrected chi connectivity index (χ4v) is 1.30. The number of alkyl halides is 2. The van der Waals surface area contributed by atoms with Crippen molar-refractivity contribution in [3.05, 3.63) is 34.9 Å². The first-order chi connectivity index (χ1) is 6.81.